The van der Waals surface area contributed by atoms with Gasteiger partial charge in [0.15, 0.2) is 0 Å². The highest BCUT2D eigenvalue weighted by Crippen LogP contribution is 2.15. The largest absolute Gasteiger partial charge is 0.465 e. The van der Waals surface area contributed by atoms with E-state index in [-0.39, 0.29) is 16.0 Å². The molecule has 0 heterocycles. The molecule has 0 fully saturated rings. The van der Waals surface area contributed by atoms with Crippen molar-refractivity contribution in [1.82, 2.24) is 0 Å². The molecule has 0 radical (unpaired) electrons. The van der Waals surface area contributed by atoms with Gasteiger partial charge in [-0.05, 0) is 31.2 Å². The Morgan fingerprint density at radius 1 is 1.04 bits per heavy atom. The highest BCUT2D eigenvalue weighted by atomic mass is 32.2. The third-order valence-electron chi connectivity index (χ3n) is 3.14. The number of nitrogens with two attached hydrogens (primary N) is 1. The number of ether oxygens (including phenoxy) is 1. The SMILES string of the molecule is COC(=O)c1ccccc1C(=O)N=S(N)(=O)c1ccc(C)cc1. The molecule has 0 aliphatic carbocycles. The summed E-state index contributed by atoms with van der Waals surface area (Å²) in [4.78, 5) is 24.2. The van der Waals surface area contributed by atoms with E-state index in [4.69, 9.17) is 5.14 Å². The van der Waals surface area contributed by atoms with Crippen molar-refractivity contribution in [3.05, 3.63) is 65.2 Å². The van der Waals surface area contributed by atoms with Gasteiger partial charge in [-0.2, -0.15) is 0 Å². The number of aryl methyl sites for hydroxylation is 1. The van der Waals surface area contributed by atoms with E-state index in [1.165, 1.54) is 19.2 Å². The van der Waals surface area contributed by atoms with Crippen molar-refractivity contribution in [2.45, 2.75) is 11.8 Å². The molecule has 0 bridgehead atoms. The Kier molecular flexibility index (Phi) is 4.92. The Morgan fingerprint density at radius 2 is 1.61 bits per heavy atom. The lowest BCUT2D eigenvalue weighted by molar-refractivity contribution is 0.0597. The van der Waals surface area contributed by atoms with Gasteiger partial charge in [-0.15, -0.1) is 4.36 Å². The highest BCUT2D eigenvalue weighted by Gasteiger charge is 2.18. The second-order valence-corrected chi connectivity index (χ2v) is 6.61. The summed E-state index contributed by atoms with van der Waals surface area (Å²) in [5, 5.41) is 5.71. The summed E-state index contributed by atoms with van der Waals surface area (Å²) in [5.41, 5.74) is 0.999. The summed E-state index contributed by atoms with van der Waals surface area (Å²) in [5.74, 6) is -1.51. The minimum atomic E-state index is -3.40. The predicted octanol–water partition coefficient (Wildman–Crippen LogP) is 2.32. The first-order valence-corrected chi connectivity index (χ1v) is 8.26. The van der Waals surface area contributed by atoms with Gasteiger partial charge in [0.2, 0.25) is 0 Å². The Hall–Kier alpha value is -2.51. The van der Waals surface area contributed by atoms with E-state index in [2.05, 4.69) is 9.10 Å². The van der Waals surface area contributed by atoms with Crippen molar-refractivity contribution in [3.63, 3.8) is 0 Å². The minimum Gasteiger partial charge on any atom is -0.465 e. The average Bonchev–Trinajstić information content (AvgIpc) is 2.54. The van der Waals surface area contributed by atoms with E-state index in [0.29, 0.717) is 0 Å². The fourth-order valence-corrected chi connectivity index (χ4v) is 2.89. The van der Waals surface area contributed by atoms with Crippen LogP contribution < -0.4 is 5.14 Å². The molecule has 6 nitrogen and oxygen atoms in total. The van der Waals surface area contributed by atoms with E-state index in [1.807, 2.05) is 6.92 Å². The van der Waals surface area contributed by atoms with Gasteiger partial charge in [-0.25, -0.2) is 14.1 Å². The van der Waals surface area contributed by atoms with Crippen LogP contribution in [0.25, 0.3) is 0 Å². The van der Waals surface area contributed by atoms with Crippen LogP contribution in [-0.4, -0.2) is 23.2 Å². The standard InChI is InChI=1S/C16H16N2O4S/c1-11-7-9-12(10-8-11)23(17,21)18-15(19)13-5-3-4-6-14(13)16(20)22-2/h3-10H,1-2H3,(H2,17,18,19,21). The summed E-state index contributed by atoms with van der Waals surface area (Å²) in [6.07, 6.45) is 0. The zero-order valence-corrected chi connectivity index (χ0v) is 13.5. The van der Waals surface area contributed by atoms with Gasteiger partial charge in [0.25, 0.3) is 5.91 Å². The van der Waals surface area contributed by atoms with Crippen LogP contribution >= 0.6 is 0 Å². The molecule has 2 N–H and O–H groups in total. The Labute approximate surface area is 134 Å². The van der Waals surface area contributed by atoms with Crippen LogP contribution in [0.2, 0.25) is 0 Å². The van der Waals surface area contributed by atoms with Gasteiger partial charge in [0, 0.05) is 0 Å². The van der Waals surface area contributed by atoms with Crippen molar-refractivity contribution in [3.8, 4) is 0 Å². The van der Waals surface area contributed by atoms with Crippen molar-refractivity contribution in [2.75, 3.05) is 7.11 Å². The minimum absolute atomic E-state index is 0.00960. The first kappa shape index (κ1) is 16.9. The van der Waals surface area contributed by atoms with Crippen LogP contribution in [0.1, 0.15) is 26.3 Å². The number of hydrogen-bond donors (Lipinski definition) is 1. The second-order valence-electron chi connectivity index (χ2n) is 4.82. The average molecular weight is 332 g/mol. The molecule has 0 saturated carbocycles. The molecule has 0 aromatic heterocycles. The van der Waals surface area contributed by atoms with Gasteiger partial charge in [-0.1, -0.05) is 29.8 Å². The normalized spacial score (nSPS) is 13.0. The number of carbonyl (C=O) groups excluding carboxylic acids is 2. The van der Waals surface area contributed by atoms with E-state index >= 15 is 0 Å². The lowest BCUT2D eigenvalue weighted by Gasteiger charge is -2.06. The van der Waals surface area contributed by atoms with Crippen LogP contribution in [0.4, 0.5) is 0 Å². The number of methoxy groups -OCH3 is 1. The number of rotatable bonds is 3. The van der Waals surface area contributed by atoms with Crippen LogP contribution in [0.3, 0.4) is 0 Å². The molecule has 120 valence electrons. The predicted molar refractivity (Wildman–Crippen MR) is 86.3 cm³/mol. The molecule has 0 aliphatic rings. The van der Waals surface area contributed by atoms with Crippen LogP contribution in [0.15, 0.2) is 57.8 Å². The molecule has 7 heteroatoms. The zero-order valence-electron chi connectivity index (χ0n) is 12.7. The van der Waals surface area contributed by atoms with Crippen LogP contribution in [-0.2, 0) is 14.7 Å². The first-order chi connectivity index (χ1) is 10.8. The summed E-state index contributed by atoms with van der Waals surface area (Å²) in [6, 6.07) is 12.6. The molecule has 0 spiro atoms. The lowest BCUT2D eigenvalue weighted by Crippen LogP contribution is -2.16. The number of carbonyl (C=O) groups is 2. The van der Waals surface area contributed by atoms with Gasteiger partial charge in [0.1, 0.15) is 9.92 Å². The smallest absolute Gasteiger partial charge is 0.338 e. The maximum Gasteiger partial charge on any atom is 0.338 e. The number of amides is 1. The van der Waals surface area contributed by atoms with Gasteiger partial charge >= 0.3 is 5.97 Å². The topological polar surface area (TPSA) is 98.8 Å². The van der Waals surface area contributed by atoms with Crippen LogP contribution in [0, 0.1) is 6.92 Å². The number of nitrogens with zero attached hydrogens (tertiary/aromatic N) is 1. The molecule has 0 saturated heterocycles. The van der Waals surface area contributed by atoms with Gasteiger partial charge in [-0.3, -0.25) is 4.79 Å². The van der Waals surface area contributed by atoms with Crippen molar-refractivity contribution < 1.29 is 18.5 Å². The summed E-state index contributed by atoms with van der Waals surface area (Å²) >= 11 is 0. The quantitative estimate of drug-likeness (QED) is 0.872. The molecule has 23 heavy (non-hydrogen) atoms. The third-order valence-corrected chi connectivity index (χ3v) is 4.52. The summed E-state index contributed by atoms with van der Waals surface area (Å²) in [6.45, 7) is 1.87. The van der Waals surface area contributed by atoms with Gasteiger partial charge in [0.05, 0.1) is 23.1 Å². The molecule has 2 rings (SSSR count). The van der Waals surface area contributed by atoms with Crippen molar-refractivity contribution in [1.29, 1.82) is 0 Å². The van der Waals surface area contributed by atoms with E-state index < -0.39 is 21.8 Å². The van der Waals surface area contributed by atoms with E-state index in [0.717, 1.165) is 5.56 Å². The molecule has 1 unspecified atom stereocenters. The summed E-state index contributed by atoms with van der Waals surface area (Å²) < 4.78 is 20.7. The maximum absolute atomic E-state index is 12.5. The number of hydrogen-bond acceptors (Lipinski definition) is 4. The number of esters is 1. The van der Waals surface area contributed by atoms with Crippen molar-refractivity contribution in [2.24, 2.45) is 9.50 Å². The highest BCUT2D eigenvalue weighted by molar-refractivity contribution is 7.91. The Bertz CT molecular complexity index is 866. The van der Waals surface area contributed by atoms with E-state index in [9.17, 15) is 13.8 Å². The second kappa shape index (κ2) is 6.72. The maximum atomic E-state index is 12.5. The molecule has 0 aliphatic heterocycles. The first-order valence-electron chi connectivity index (χ1n) is 6.68. The number of benzene rings is 2. The van der Waals surface area contributed by atoms with E-state index in [1.54, 1.807) is 36.4 Å². The fourth-order valence-electron chi connectivity index (χ4n) is 1.92. The lowest BCUT2D eigenvalue weighted by atomic mass is 10.1. The monoisotopic (exact) mass is 332 g/mol. The molecular formula is C16H16N2O4S. The van der Waals surface area contributed by atoms with Gasteiger partial charge < -0.3 is 4.74 Å². The van der Waals surface area contributed by atoms with Crippen LogP contribution in [0.5, 0.6) is 0 Å². The molecule has 2 aromatic carbocycles. The zero-order chi connectivity index (χ0) is 17.0. The Morgan fingerprint density at radius 3 is 2.17 bits per heavy atom. The fraction of sp³-hybridized carbons (Fsp3) is 0.125. The van der Waals surface area contributed by atoms with Crippen molar-refractivity contribution >= 4 is 21.8 Å². The molecule has 2 aromatic rings. The molecular weight excluding hydrogens is 316 g/mol. The third kappa shape index (κ3) is 3.82. The summed E-state index contributed by atoms with van der Waals surface area (Å²) in [7, 11) is -2.19. The Balaban J connectivity index is 2.47. The molecule has 1 amide bonds. The molecule has 1 atom stereocenters.